The van der Waals surface area contributed by atoms with Crippen molar-refractivity contribution in [2.24, 2.45) is 7.05 Å². The fourth-order valence-corrected chi connectivity index (χ4v) is 2.93. The van der Waals surface area contributed by atoms with Crippen LogP contribution in [0.2, 0.25) is 0 Å². The summed E-state index contributed by atoms with van der Waals surface area (Å²) in [6.45, 7) is 0. The fraction of sp³-hybridized carbons (Fsp3) is 0.0588. The lowest BCUT2D eigenvalue weighted by atomic mass is 10.1. The molecule has 0 fully saturated rings. The first kappa shape index (κ1) is 16.8. The number of anilines is 1. The summed E-state index contributed by atoms with van der Waals surface area (Å²) < 4.78 is 35.7. The van der Waals surface area contributed by atoms with Crippen molar-refractivity contribution in [3.05, 3.63) is 70.6 Å². The normalized spacial score (nSPS) is 11.4. The second-order valence-electron chi connectivity index (χ2n) is 5.40. The highest BCUT2D eigenvalue weighted by molar-refractivity contribution is 7.86. The maximum absolute atomic E-state index is 12.9. The minimum atomic E-state index is -4.80. The molecule has 1 N–H and O–H groups in total. The first-order valence-electron chi connectivity index (χ1n) is 7.22. The molecule has 3 aromatic rings. The molecule has 25 heavy (non-hydrogen) atoms. The second kappa shape index (κ2) is 6.14. The standard InChI is InChI=1S/C17H13FN2O4S/c1-20-15(10-11-4-2-3-5-14(11)17(20)22)16(21)19-12-6-8-13(9-7-12)25(18,23)24/h2-10H,1H3,(H,19,21). The van der Waals surface area contributed by atoms with Gasteiger partial charge in [-0.3, -0.25) is 9.59 Å². The smallest absolute Gasteiger partial charge is 0.321 e. The lowest BCUT2D eigenvalue weighted by molar-refractivity contribution is 0.101. The van der Waals surface area contributed by atoms with E-state index in [1.165, 1.54) is 23.7 Å². The zero-order chi connectivity index (χ0) is 18.2. The van der Waals surface area contributed by atoms with Gasteiger partial charge in [-0.2, -0.15) is 8.42 Å². The molecule has 8 heteroatoms. The number of halogens is 1. The Morgan fingerprint density at radius 2 is 1.72 bits per heavy atom. The van der Waals surface area contributed by atoms with E-state index in [0.29, 0.717) is 10.8 Å². The Morgan fingerprint density at radius 3 is 2.36 bits per heavy atom. The van der Waals surface area contributed by atoms with Crippen LogP contribution < -0.4 is 10.9 Å². The third-order valence-electron chi connectivity index (χ3n) is 3.78. The fourth-order valence-electron chi connectivity index (χ4n) is 2.47. The number of pyridine rings is 1. The van der Waals surface area contributed by atoms with Crippen LogP contribution in [0.5, 0.6) is 0 Å². The van der Waals surface area contributed by atoms with Gasteiger partial charge in [0, 0.05) is 18.1 Å². The minimum absolute atomic E-state index is 0.144. The quantitative estimate of drug-likeness (QED) is 0.727. The van der Waals surface area contributed by atoms with Crippen LogP contribution in [0.1, 0.15) is 10.5 Å². The molecule has 0 saturated heterocycles. The van der Waals surface area contributed by atoms with Gasteiger partial charge in [0.05, 0.1) is 4.90 Å². The van der Waals surface area contributed by atoms with Crippen molar-refractivity contribution in [2.45, 2.75) is 4.90 Å². The molecule has 3 rings (SSSR count). The van der Waals surface area contributed by atoms with Crippen LogP contribution in [-0.4, -0.2) is 18.9 Å². The topological polar surface area (TPSA) is 85.2 Å². The van der Waals surface area contributed by atoms with Crippen molar-refractivity contribution >= 4 is 32.6 Å². The molecule has 1 heterocycles. The number of carbonyl (C=O) groups excluding carboxylic acids is 1. The number of hydrogen-bond donors (Lipinski definition) is 1. The predicted molar refractivity (Wildman–Crippen MR) is 91.9 cm³/mol. The molecule has 6 nitrogen and oxygen atoms in total. The zero-order valence-electron chi connectivity index (χ0n) is 13.1. The molecule has 1 aromatic heterocycles. The molecule has 0 saturated carbocycles. The van der Waals surface area contributed by atoms with E-state index in [2.05, 4.69) is 5.32 Å². The van der Waals surface area contributed by atoms with Gasteiger partial charge in [0.15, 0.2) is 0 Å². The minimum Gasteiger partial charge on any atom is -0.321 e. The van der Waals surface area contributed by atoms with E-state index in [-0.39, 0.29) is 16.9 Å². The van der Waals surface area contributed by atoms with E-state index in [1.54, 1.807) is 30.3 Å². The summed E-state index contributed by atoms with van der Waals surface area (Å²) in [5.41, 5.74) is 0.117. The van der Waals surface area contributed by atoms with Crippen molar-refractivity contribution < 1.29 is 17.1 Å². The summed E-state index contributed by atoms with van der Waals surface area (Å²) in [5, 5.41) is 3.69. The Labute approximate surface area is 142 Å². The molecule has 128 valence electrons. The lowest BCUT2D eigenvalue weighted by Gasteiger charge is -2.11. The summed E-state index contributed by atoms with van der Waals surface area (Å²) in [6, 6.07) is 13.1. The molecule has 0 aliphatic heterocycles. The van der Waals surface area contributed by atoms with Gasteiger partial charge in [0.1, 0.15) is 5.69 Å². The monoisotopic (exact) mass is 360 g/mol. The summed E-state index contributed by atoms with van der Waals surface area (Å²) >= 11 is 0. The molecule has 0 spiro atoms. The number of nitrogens with one attached hydrogen (secondary N) is 1. The van der Waals surface area contributed by atoms with Crippen molar-refractivity contribution in [2.75, 3.05) is 5.32 Å². The van der Waals surface area contributed by atoms with E-state index in [4.69, 9.17) is 0 Å². The number of aromatic nitrogens is 1. The molecule has 2 aromatic carbocycles. The van der Waals surface area contributed by atoms with Crippen LogP contribution in [0.4, 0.5) is 9.57 Å². The maximum atomic E-state index is 12.9. The number of hydrogen-bond acceptors (Lipinski definition) is 4. The van der Waals surface area contributed by atoms with Gasteiger partial charge in [0.25, 0.3) is 11.5 Å². The van der Waals surface area contributed by atoms with Crippen molar-refractivity contribution in [3.8, 4) is 0 Å². The maximum Gasteiger partial charge on any atom is 0.332 e. The highest BCUT2D eigenvalue weighted by atomic mass is 32.3. The summed E-state index contributed by atoms with van der Waals surface area (Å²) in [5.74, 6) is -0.541. The molecular weight excluding hydrogens is 347 g/mol. The Hall–Kier alpha value is -3.00. The largest absolute Gasteiger partial charge is 0.332 e. The molecule has 0 aliphatic carbocycles. The van der Waals surface area contributed by atoms with E-state index < -0.39 is 21.0 Å². The van der Waals surface area contributed by atoms with Gasteiger partial charge in [-0.05, 0) is 41.8 Å². The molecule has 0 atom stereocenters. The van der Waals surface area contributed by atoms with Crippen LogP contribution in [0.15, 0.2) is 64.3 Å². The third kappa shape index (κ3) is 3.29. The molecule has 0 radical (unpaired) electrons. The van der Waals surface area contributed by atoms with Gasteiger partial charge < -0.3 is 9.88 Å². The number of nitrogens with zero attached hydrogens (tertiary/aromatic N) is 1. The molecule has 0 unspecified atom stereocenters. The SMILES string of the molecule is Cn1c(C(=O)Nc2ccc(S(=O)(=O)F)cc2)cc2ccccc2c1=O. The number of carbonyl (C=O) groups is 1. The summed E-state index contributed by atoms with van der Waals surface area (Å²) in [6.07, 6.45) is 0. The average Bonchev–Trinajstić information content (AvgIpc) is 2.57. The summed E-state index contributed by atoms with van der Waals surface area (Å²) in [4.78, 5) is 24.3. The molecule has 0 aliphatic rings. The number of rotatable bonds is 3. The Balaban J connectivity index is 1.95. The van der Waals surface area contributed by atoms with Crippen LogP contribution in [0.3, 0.4) is 0 Å². The van der Waals surface area contributed by atoms with Gasteiger partial charge in [0.2, 0.25) is 0 Å². The van der Waals surface area contributed by atoms with E-state index in [0.717, 1.165) is 12.1 Å². The number of benzene rings is 2. The first-order chi connectivity index (χ1) is 11.8. The lowest BCUT2D eigenvalue weighted by Crippen LogP contribution is -2.26. The van der Waals surface area contributed by atoms with Crippen LogP contribution in [0.25, 0.3) is 10.8 Å². The first-order valence-corrected chi connectivity index (χ1v) is 8.60. The molecule has 1 amide bonds. The number of amides is 1. The molecular formula is C17H13FN2O4S. The Morgan fingerprint density at radius 1 is 1.08 bits per heavy atom. The van der Waals surface area contributed by atoms with Gasteiger partial charge in [-0.15, -0.1) is 3.89 Å². The van der Waals surface area contributed by atoms with Gasteiger partial charge >= 0.3 is 10.2 Å². The number of fused-ring (bicyclic) bond motifs is 1. The Kier molecular flexibility index (Phi) is 4.13. The third-order valence-corrected chi connectivity index (χ3v) is 4.61. The van der Waals surface area contributed by atoms with Crippen molar-refractivity contribution in [1.82, 2.24) is 4.57 Å². The van der Waals surface area contributed by atoms with Crippen LogP contribution in [-0.2, 0) is 17.3 Å². The highest BCUT2D eigenvalue weighted by Gasteiger charge is 2.15. The van der Waals surface area contributed by atoms with Gasteiger partial charge in [-0.25, -0.2) is 0 Å². The van der Waals surface area contributed by atoms with Crippen LogP contribution in [0, 0.1) is 0 Å². The Bertz CT molecular complexity index is 1140. The van der Waals surface area contributed by atoms with Crippen molar-refractivity contribution in [3.63, 3.8) is 0 Å². The van der Waals surface area contributed by atoms with Crippen LogP contribution >= 0.6 is 0 Å². The highest BCUT2D eigenvalue weighted by Crippen LogP contribution is 2.17. The van der Waals surface area contributed by atoms with Gasteiger partial charge in [-0.1, -0.05) is 18.2 Å². The molecule has 0 bridgehead atoms. The zero-order valence-corrected chi connectivity index (χ0v) is 13.9. The van der Waals surface area contributed by atoms with Crippen molar-refractivity contribution in [1.29, 1.82) is 0 Å². The average molecular weight is 360 g/mol. The van der Waals surface area contributed by atoms with E-state index in [9.17, 15) is 21.9 Å². The predicted octanol–water partition coefficient (Wildman–Crippen LogP) is 2.45. The summed E-state index contributed by atoms with van der Waals surface area (Å²) in [7, 11) is -3.31. The van der Waals surface area contributed by atoms with E-state index in [1.807, 2.05) is 0 Å². The van der Waals surface area contributed by atoms with E-state index >= 15 is 0 Å². The second-order valence-corrected chi connectivity index (χ2v) is 6.74.